The molecule has 0 aliphatic carbocycles. The highest BCUT2D eigenvalue weighted by atomic mass is 32.2. The van der Waals surface area contributed by atoms with Crippen LogP contribution in [0.3, 0.4) is 0 Å². The second-order valence-electron chi connectivity index (χ2n) is 11.1. The summed E-state index contributed by atoms with van der Waals surface area (Å²) in [4.78, 5) is 50.5. The van der Waals surface area contributed by atoms with Crippen LogP contribution in [0.25, 0.3) is 6.08 Å². The van der Waals surface area contributed by atoms with Crippen LogP contribution in [0.1, 0.15) is 32.3 Å². The number of amides is 3. The van der Waals surface area contributed by atoms with Gasteiger partial charge in [-0.05, 0) is 65.7 Å². The molecule has 0 spiro atoms. The summed E-state index contributed by atoms with van der Waals surface area (Å²) < 4.78 is 97.0. The number of carbonyl (C=O) groups excluding carboxylic acids is 3. The fourth-order valence-corrected chi connectivity index (χ4v) is 5.86. The van der Waals surface area contributed by atoms with Gasteiger partial charge in [0.1, 0.15) is 22.2 Å². The number of anilines is 2. The molecular formula is C37H23F7N4O5S. The molecule has 0 radical (unpaired) electrons. The van der Waals surface area contributed by atoms with Gasteiger partial charge < -0.3 is 16.0 Å². The number of rotatable bonds is 11. The van der Waals surface area contributed by atoms with E-state index in [0.717, 1.165) is 11.8 Å². The minimum Gasteiger partial charge on any atom is -0.321 e. The summed E-state index contributed by atoms with van der Waals surface area (Å²) in [6, 6.07) is 26.4. The van der Waals surface area contributed by atoms with Crippen molar-refractivity contribution in [3.05, 3.63) is 171 Å². The van der Waals surface area contributed by atoms with Crippen LogP contribution in [0.2, 0.25) is 0 Å². The lowest BCUT2D eigenvalue weighted by molar-refractivity contribution is -0.384. The van der Waals surface area contributed by atoms with E-state index in [4.69, 9.17) is 0 Å². The molecule has 1 unspecified atom stereocenters. The number of halogens is 7. The largest absolute Gasteiger partial charge is 0.422 e. The normalized spacial score (nSPS) is 12.1. The molecular weight excluding hydrogens is 745 g/mol. The topological polar surface area (TPSA) is 130 Å². The molecule has 9 nitrogen and oxygen atoms in total. The van der Waals surface area contributed by atoms with Crippen LogP contribution in [-0.4, -0.2) is 22.6 Å². The minimum absolute atomic E-state index is 0.188. The van der Waals surface area contributed by atoms with Gasteiger partial charge >= 0.3 is 6.18 Å². The first kappa shape index (κ1) is 38.7. The number of benzene rings is 5. The third-order valence-corrected chi connectivity index (χ3v) is 8.71. The van der Waals surface area contributed by atoms with Crippen molar-refractivity contribution in [2.24, 2.45) is 0 Å². The summed E-state index contributed by atoms with van der Waals surface area (Å²) >= 11 is 0.788. The second kappa shape index (κ2) is 16.5. The first-order valence-corrected chi connectivity index (χ1v) is 16.2. The first-order valence-electron chi connectivity index (χ1n) is 15.3. The van der Waals surface area contributed by atoms with Crippen LogP contribution < -0.4 is 16.0 Å². The van der Waals surface area contributed by atoms with Gasteiger partial charge in [-0.2, -0.15) is 13.2 Å². The zero-order valence-electron chi connectivity index (χ0n) is 27.1. The Hall–Kier alpha value is -6.49. The number of nitro groups is 1. The van der Waals surface area contributed by atoms with E-state index >= 15 is 0 Å². The number of hydrogen-bond acceptors (Lipinski definition) is 6. The number of carbonyl (C=O) groups is 3. The molecule has 5 rings (SSSR count). The van der Waals surface area contributed by atoms with Crippen LogP contribution >= 0.6 is 11.8 Å². The number of nitro benzene ring substituents is 1. The minimum atomic E-state index is -5.77. The molecule has 0 fully saturated rings. The summed E-state index contributed by atoms with van der Waals surface area (Å²) in [6.45, 7) is 0. The van der Waals surface area contributed by atoms with Crippen molar-refractivity contribution < 1.29 is 50.0 Å². The van der Waals surface area contributed by atoms with Gasteiger partial charge in [-0.15, -0.1) is 11.8 Å². The average molecular weight is 769 g/mol. The Bertz CT molecular complexity index is 2210. The van der Waals surface area contributed by atoms with Crippen LogP contribution in [-0.2, 0) is 15.8 Å². The summed E-state index contributed by atoms with van der Waals surface area (Å²) in [5, 5.41) is 16.5. The Balaban J connectivity index is 1.37. The summed E-state index contributed by atoms with van der Waals surface area (Å²) in [5.41, 5.74) is -3.96. The number of non-ortho nitro benzene ring substituents is 1. The zero-order valence-corrected chi connectivity index (χ0v) is 27.9. The average Bonchev–Trinajstić information content (AvgIpc) is 3.15. The maximum absolute atomic E-state index is 14.6. The van der Waals surface area contributed by atoms with Crippen molar-refractivity contribution in [1.29, 1.82) is 0 Å². The lowest BCUT2D eigenvalue weighted by Crippen LogP contribution is -2.30. The van der Waals surface area contributed by atoms with E-state index < -0.39 is 68.6 Å². The Morgan fingerprint density at radius 2 is 1.28 bits per heavy atom. The van der Waals surface area contributed by atoms with Crippen LogP contribution in [0.15, 0.2) is 120 Å². The standard InChI is InChI=1S/C37H23F7N4O5S/c38-28-27(37(42,43)44)29(39)31(41)32(30(28)40)47-36(51)33(21-7-3-1-4-8-21)54-25-17-13-23(14-18-25)45-35(50)26(46-34(49)22-9-5-2-6-10-22)19-20-11-15-24(16-12-20)48(52)53/h1-19,33H,(H,45,50)(H,46,49)(H,47,51)/b26-19-. The lowest BCUT2D eigenvalue weighted by atomic mass is 10.1. The monoisotopic (exact) mass is 768 g/mol. The van der Waals surface area contributed by atoms with Crippen molar-refractivity contribution in [2.75, 3.05) is 10.6 Å². The Morgan fingerprint density at radius 3 is 1.81 bits per heavy atom. The predicted octanol–water partition coefficient (Wildman–Crippen LogP) is 9.05. The molecule has 5 aromatic carbocycles. The van der Waals surface area contributed by atoms with E-state index in [1.807, 2.05) is 0 Å². The third-order valence-electron chi connectivity index (χ3n) is 7.45. The van der Waals surface area contributed by atoms with Gasteiger partial charge in [0, 0.05) is 28.3 Å². The molecule has 0 aliphatic rings. The van der Waals surface area contributed by atoms with Crippen LogP contribution in [0, 0.1) is 33.4 Å². The quantitative estimate of drug-likeness (QED) is 0.0307. The maximum Gasteiger partial charge on any atom is 0.422 e. The number of hydrogen-bond donors (Lipinski definition) is 3. The van der Waals surface area contributed by atoms with Crippen molar-refractivity contribution >= 4 is 52.6 Å². The van der Waals surface area contributed by atoms with Gasteiger partial charge in [-0.3, -0.25) is 24.5 Å². The smallest absolute Gasteiger partial charge is 0.321 e. The van der Waals surface area contributed by atoms with E-state index in [0.29, 0.717) is 10.5 Å². The molecule has 0 bridgehead atoms. The molecule has 0 aromatic heterocycles. The molecule has 276 valence electrons. The zero-order chi connectivity index (χ0) is 39.2. The number of nitrogens with zero attached hydrogens (tertiary/aromatic N) is 1. The lowest BCUT2D eigenvalue weighted by Gasteiger charge is -2.19. The molecule has 0 aliphatic heterocycles. The first-order chi connectivity index (χ1) is 25.6. The van der Waals surface area contributed by atoms with E-state index in [1.165, 1.54) is 91.0 Å². The van der Waals surface area contributed by atoms with Gasteiger partial charge in [0.25, 0.3) is 17.5 Å². The van der Waals surface area contributed by atoms with Gasteiger partial charge in [0.2, 0.25) is 5.91 Å². The second-order valence-corrected chi connectivity index (χ2v) is 12.3. The molecule has 17 heteroatoms. The van der Waals surface area contributed by atoms with Gasteiger partial charge in [0.15, 0.2) is 23.3 Å². The molecule has 3 N–H and O–H groups in total. The number of thioether (sulfide) groups is 1. The molecule has 0 heterocycles. The number of alkyl halides is 3. The predicted molar refractivity (Wildman–Crippen MR) is 185 cm³/mol. The van der Waals surface area contributed by atoms with Gasteiger partial charge in [0.05, 0.1) is 4.92 Å². The van der Waals surface area contributed by atoms with Gasteiger partial charge in [-0.25, -0.2) is 17.6 Å². The molecule has 0 saturated carbocycles. The molecule has 5 aromatic rings. The highest BCUT2D eigenvalue weighted by Gasteiger charge is 2.43. The van der Waals surface area contributed by atoms with Crippen molar-refractivity contribution in [1.82, 2.24) is 5.32 Å². The van der Waals surface area contributed by atoms with Crippen LogP contribution in [0.5, 0.6) is 0 Å². The molecule has 0 saturated heterocycles. The van der Waals surface area contributed by atoms with Crippen molar-refractivity contribution in [3.8, 4) is 0 Å². The summed E-state index contributed by atoms with van der Waals surface area (Å²) in [5.74, 6) is -13.0. The van der Waals surface area contributed by atoms with E-state index in [1.54, 1.807) is 29.6 Å². The Kier molecular flexibility index (Phi) is 11.8. The molecule has 54 heavy (non-hydrogen) atoms. The summed E-state index contributed by atoms with van der Waals surface area (Å²) in [7, 11) is 0. The van der Waals surface area contributed by atoms with E-state index in [9.17, 15) is 55.2 Å². The van der Waals surface area contributed by atoms with Gasteiger partial charge in [-0.1, -0.05) is 48.5 Å². The molecule has 1 atom stereocenters. The SMILES string of the molecule is O=C(Nc1ccc(SC(C(=O)Nc2c(F)c(F)c(C(F)(F)F)c(F)c2F)c2ccccc2)cc1)/C(=C/c1ccc([N+](=O)[O-])cc1)NC(=O)c1ccccc1. The number of nitrogens with one attached hydrogen (secondary N) is 3. The van der Waals surface area contributed by atoms with Crippen molar-refractivity contribution in [3.63, 3.8) is 0 Å². The highest BCUT2D eigenvalue weighted by Crippen LogP contribution is 2.40. The fourth-order valence-electron chi connectivity index (χ4n) is 4.83. The van der Waals surface area contributed by atoms with Crippen LogP contribution in [0.4, 0.5) is 47.8 Å². The Morgan fingerprint density at radius 1 is 0.722 bits per heavy atom. The van der Waals surface area contributed by atoms with E-state index in [-0.39, 0.29) is 28.2 Å². The maximum atomic E-state index is 14.6. The van der Waals surface area contributed by atoms with E-state index in [2.05, 4.69) is 10.6 Å². The third kappa shape index (κ3) is 9.11. The highest BCUT2D eigenvalue weighted by molar-refractivity contribution is 8.00. The fraction of sp³-hybridized carbons (Fsp3) is 0.0541. The summed E-state index contributed by atoms with van der Waals surface area (Å²) in [6.07, 6.45) is -4.47. The van der Waals surface area contributed by atoms with Crippen molar-refractivity contribution in [2.45, 2.75) is 16.3 Å². The molecule has 3 amide bonds. The Labute approximate surface area is 305 Å².